The van der Waals surface area contributed by atoms with Gasteiger partial charge < -0.3 is 28.8 Å². The molecule has 7 unspecified atom stereocenters. The molecule has 2 aliphatic rings. The van der Waals surface area contributed by atoms with Crippen LogP contribution in [0.3, 0.4) is 0 Å². The van der Waals surface area contributed by atoms with Gasteiger partial charge in [-0.05, 0) is 69.5 Å². The van der Waals surface area contributed by atoms with E-state index in [0.717, 1.165) is 24.8 Å². The molecule has 7 atom stereocenters. The van der Waals surface area contributed by atoms with Crippen LogP contribution in [0.25, 0.3) is 0 Å². The minimum Gasteiger partial charge on any atom is -0.472 e. The van der Waals surface area contributed by atoms with Crippen molar-refractivity contribution in [3.05, 3.63) is 60.3 Å². The van der Waals surface area contributed by atoms with Gasteiger partial charge in [-0.25, -0.2) is 4.79 Å². The number of carboxylic acid groups (broad SMARTS) is 1. The van der Waals surface area contributed by atoms with Crippen molar-refractivity contribution in [2.75, 3.05) is 13.7 Å². The number of methoxy groups -OCH3 is 1. The molecular formula is C37H58O7Si. The minimum absolute atomic E-state index is 0.0159. The van der Waals surface area contributed by atoms with Gasteiger partial charge in [0.05, 0.1) is 43.2 Å². The van der Waals surface area contributed by atoms with E-state index in [1.807, 2.05) is 19.1 Å². The normalized spacial score (nSPS) is 23.7. The Morgan fingerprint density at radius 2 is 1.98 bits per heavy atom. The molecule has 7 nitrogen and oxygen atoms in total. The molecule has 0 bridgehead atoms. The highest BCUT2D eigenvalue weighted by Gasteiger charge is 2.39. The number of aliphatic carboxylic acids is 1. The summed E-state index contributed by atoms with van der Waals surface area (Å²) in [4.78, 5) is 10.7. The maximum Gasteiger partial charge on any atom is 0.381 e. The average molecular weight is 643 g/mol. The summed E-state index contributed by atoms with van der Waals surface area (Å²) >= 11 is 0. The van der Waals surface area contributed by atoms with Crippen molar-refractivity contribution in [3.8, 4) is 11.8 Å². The maximum atomic E-state index is 11.1. The molecule has 0 aromatic rings. The number of rotatable bonds is 16. The van der Waals surface area contributed by atoms with Crippen LogP contribution in [0.4, 0.5) is 0 Å². The zero-order valence-corrected chi connectivity index (χ0v) is 29.9. The second kappa shape index (κ2) is 18.8. The van der Waals surface area contributed by atoms with Gasteiger partial charge in [-0.1, -0.05) is 93.9 Å². The number of carboxylic acids is 1. The van der Waals surface area contributed by atoms with Gasteiger partial charge in [0.1, 0.15) is 0 Å². The van der Waals surface area contributed by atoms with E-state index >= 15 is 0 Å². The molecule has 0 radical (unpaired) electrons. The number of ether oxygens (including phenoxy) is 3. The second-order valence-corrected chi connectivity index (χ2v) is 18.8. The molecular weight excluding hydrogens is 584 g/mol. The summed E-state index contributed by atoms with van der Waals surface area (Å²) in [5.74, 6) is 3.52. The molecule has 2 aliphatic heterocycles. The van der Waals surface area contributed by atoms with Crippen LogP contribution in [0.5, 0.6) is 0 Å². The van der Waals surface area contributed by atoms with Gasteiger partial charge in [-0.15, -0.1) is 0 Å². The standard InChI is InChI=1S/C37H58O7Si/c1-27-22-23-42-32(25-27)21-20-30(41-7)14-10-11-15-33(44-45(8,9)37(4,5)6)26-28(2)24-29(3)36(40)34-18-12-16-31(43-34)17-13-19-35(38)39/h11-12,15-16,20-22,29-34,36,40H,2,10,14,17-18,23-26H2,1,3-9H3,(H,38,39). The molecule has 0 aromatic heterocycles. The van der Waals surface area contributed by atoms with Crippen molar-refractivity contribution in [2.24, 2.45) is 5.92 Å². The van der Waals surface area contributed by atoms with E-state index in [-0.39, 0.29) is 47.9 Å². The lowest BCUT2D eigenvalue weighted by atomic mass is 9.89. The molecule has 0 saturated heterocycles. The zero-order valence-electron chi connectivity index (χ0n) is 28.9. The van der Waals surface area contributed by atoms with E-state index in [1.165, 1.54) is 5.57 Å². The molecule has 252 valence electrons. The summed E-state index contributed by atoms with van der Waals surface area (Å²) in [6, 6.07) is 0. The molecule has 0 fully saturated rings. The van der Waals surface area contributed by atoms with Crippen LogP contribution < -0.4 is 0 Å². The molecule has 45 heavy (non-hydrogen) atoms. The lowest BCUT2D eigenvalue weighted by molar-refractivity contribution is -0.130. The van der Waals surface area contributed by atoms with Crippen LogP contribution in [0.2, 0.25) is 18.1 Å². The molecule has 2 rings (SSSR count). The Balaban J connectivity index is 1.98. The number of hydrogen-bond donors (Lipinski definition) is 2. The van der Waals surface area contributed by atoms with E-state index in [4.69, 9.17) is 23.7 Å². The van der Waals surface area contributed by atoms with Crippen molar-refractivity contribution >= 4 is 14.3 Å². The van der Waals surface area contributed by atoms with Crippen molar-refractivity contribution in [1.82, 2.24) is 0 Å². The highest BCUT2D eigenvalue weighted by molar-refractivity contribution is 6.74. The maximum absolute atomic E-state index is 11.1. The molecule has 0 amide bonds. The van der Waals surface area contributed by atoms with Crippen molar-refractivity contribution in [2.45, 2.75) is 134 Å². The van der Waals surface area contributed by atoms with Crippen LogP contribution in [0.15, 0.2) is 60.3 Å². The molecule has 2 N–H and O–H groups in total. The van der Waals surface area contributed by atoms with E-state index < -0.39 is 20.4 Å². The lowest BCUT2D eigenvalue weighted by Gasteiger charge is -2.39. The Kier molecular flexibility index (Phi) is 16.2. The fourth-order valence-corrected chi connectivity index (χ4v) is 6.49. The third kappa shape index (κ3) is 14.4. The summed E-state index contributed by atoms with van der Waals surface area (Å²) < 4.78 is 24.4. The van der Waals surface area contributed by atoms with Gasteiger partial charge in [-0.3, -0.25) is 0 Å². The average Bonchev–Trinajstić information content (AvgIpc) is 2.95. The molecule has 2 heterocycles. The Morgan fingerprint density at radius 1 is 1.24 bits per heavy atom. The van der Waals surface area contributed by atoms with Gasteiger partial charge in [0.25, 0.3) is 0 Å². The Hall–Kier alpha value is -2.25. The summed E-state index contributed by atoms with van der Waals surface area (Å²) in [6.07, 6.45) is 18.1. The first kappa shape index (κ1) is 38.9. The molecule has 0 aromatic carbocycles. The van der Waals surface area contributed by atoms with E-state index in [9.17, 15) is 9.90 Å². The highest BCUT2D eigenvalue weighted by atomic mass is 28.4. The molecule has 8 heteroatoms. The Morgan fingerprint density at radius 3 is 2.62 bits per heavy atom. The smallest absolute Gasteiger partial charge is 0.381 e. The first-order valence-corrected chi connectivity index (χ1v) is 19.2. The van der Waals surface area contributed by atoms with Crippen LogP contribution in [0, 0.1) is 17.8 Å². The topological polar surface area (TPSA) is 94.5 Å². The Labute approximate surface area is 273 Å². The minimum atomic E-state index is -2.05. The summed E-state index contributed by atoms with van der Waals surface area (Å²) in [5, 5.41) is 20.0. The first-order chi connectivity index (χ1) is 21.1. The lowest BCUT2D eigenvalue weighted by Crippen LogP contribution is -2.43. The van der Waals surface area contributed by atoms with E-state index in [1.54, 1.807) is 7.11 Å². The quantitative estimate of drug-likeness (QED) is 0.102. The fraction of sp³-hybridized carbons (Fsp3) is 0.649. The number of aliphatic hydroxyl groups excluding tert-OH is 1. The fourth-order valence-electron chi connectivity index (χ4n) is 5.21. The summed E-state index contributed by atoms with van der Waals surface area (Å²) in [6.45, 7) is 20.5. The van der Waals surface area contributed by atoms with Gasteiger partial charge in [0, 0.05) is 19.5 Å². The number of allylic oxidation sites excluding steroid dienone is 1. The third-order valence-electron chi connectivity index (χ3n) is 8.96. The monoisotopic (exact) mass is 642 g/mol. The van der Waals surface area contributed by atoms with Crippen molar-refractivity contribution in [1.29, 1.82) is 0 Å². The van der Waals surface area contributed by atoms with Gasteiger partial charge in [0.2, 0.25) is 0 Å². The highest BCUT2D eigenvalue weighted by Crippen LogP contribution is 2.38. The second-order valence-electron chi connectivity index (χ2n) is 14.0. The largest absolute Gasteiger partial charge is 0.472 e. The predicted octanol–water partition coefficient (Wildman–Crippen LogP) is 7.54. The van der Waals surface area contributed by atoms with Crippen molar-refractivity contribution in [3.63, 3.8) is 0 Å². The Bertz CT molecular complexity index is 1130. The summed E-state index contributed by atoms with van der Waals surface area (Å²) in [7, 11) is -0.300. The van der Waals surface area contributed by atoms with E-state index in [0.29, 0.717) is 25.9 Å². The van der Waals surface area contributed by atoms with Crippen LogP contribution in [-0.2, 0) is 23.4 Å². The van der Waals surface area contributed by atoms with Crippen LogP contribution in [0.1, 0.15) is 79.6 Å². The predicted molar refractivity (Wildman–Crippen MR) is 184 cm³/mol. The SMILES string of the molecule is C=C(CC(C=CCCC(C=CC1CC(C)=CCO1)OC)O[Si](C)(C)C(C)(C)C)CC(C)C(O)C1CC=CC(CC#CC(=O)O)O1. The first-order valence-electron chi connectivity index (χ1n) is 16.3. The van der Waals surface area contributed by atoms with Crippen LogP contribution >= 0.6 is 0 Å². The van der Waals surface area contributed by atoms with Gasteiger partial charge >= 0.3 is 5.97 Å². The van der Waals surface area contributed by atoms with Gasteiger partial charge in [-0.2, -0.15) is 0 Å². The number of hydrogen-bond acceptors (Lipinski definition) is 6. The molecule has 0 aliphatic carbocycles. The van der Waals surface area contributed by atoms with Crippen molar-refractivity contribution < 1.29 is 33.6 Å². The van der Waals surface area contributed by atoms with E-state index in [2.05, 4.69) is 89.6 Å². The van der Waals surface area contributed by atoms with Crippen LogP contribution in [-0.4, -0.2) is 74.8 Å². The number of aliphatic hydroxyl groups is 1. The molecule has 0 spiro atoms. The third-order valence-corrected chi connectivity index (χ3v) is 13.5. The van der Waals surface area contributed by atoms with Gasteiger partial charge in [0.15, 0.2) is 8.32 Å². The zero-order chi connectivity index (χ0) is 33.6. The summed E-state index contributed by atoms with van der Waals surface area (Å²) in [5.41, 5.74) is 2.39. The number of carbonyl (C=O) groups is 1. The molecule has 0 saturated carbocycles.